The fourth-order valence-electron chi connectivity index (χ4n) is 4.20. The summed E-state index contributed by atoms with van der Waals surface area (Å²) in [5, 5.41) is 8.54. The van der Waals surface area contributed by atoms with Gasteiger partial charge in [-0.25, -0.2) is 9.97 Å². The molecule has 1 heterocycles. The molecule has 5 aromatic rings. The minimum Gasteiger partial charge on any atom is -0.494 e. The Labute approximate surface area is 237 Å². The van der Waals surface area contributed by atoms with Crippen LogP contribution in [-0.4, -0.2) is 33.2 Å². The number of benzene rings is 4. The molecular weight excluding hydrogens is 526 g/mol. The maximum absolute atomic E-state index is 6.46. The summed E-state index contributed by atoms with van der Waals surface area (Å²) in [4.78, 5) is 13.5. The minimum absolute atomic E-state index is 0.525. The molecule has 4 aromatic carbocycles. The molecule has 0 aliphatic rings. The third kappa shape index (κ3) is 6.82. The lowest BCUT2D eigenvalue weighted by atomic mass is 10.1. The van der Waals surface area contributed by atoms with Crippen molar-refractivity contribution >= 4 is 56.6 Å². The SMILES string of the molecule is CCOc1ccc(NC(=S)NCCc2nc3ccccc3[nH]c(-c3ccccc3)c3cc(Cl)ccc3n2)cc1. The summed E-state index contributed by atoms with van der Waals surface area (Å²) in [5.74, 6) is 1.50. The van der Waals surface area contributed by atoms with Crippen LogP contribution in [0.25, 0.3) is 33.2 Å². The van der Waals surface area contributed by atoms with E-state index in [0.717, 1.165) is 44.6 Å². The number of hydrogen-bond donors (Lipinski definition) is 3. The number of H-pyrrole nitrogens is 1. The number of halogens is 1. The van der Waals surface area contributed by atoms with Crippen LogP contribution in [0.5, 0.6) is 5.75 Å². The van der Waals surface area contributed by atoms with Crippen LogP contribution in [0.3, 0.4) is 0 Å². The zero-order chi connectivity index (χ0) is 27.0. The Morgan fingerprint density at radius 2 is 1.64 bits per heavy atom. The predicted octanol–water partition coefficient (Wildman–Crippen LogP) is 7.48. The summed E-state index contributed by atoms with van der Waals surface area (Å²) >= 11 is 12.0. The molecule has 8 heteroatoms. The molecule has 0 fully saturated rings. The van der Waals surface area contributed by atoms with Crippen molar-refractivity contribution in [2.24, 2.45) is 0 Å². The Bertz CT molecular complexity index is 1650. The number of rotatable bonds is 7. The van der Waals surface area contributed by atoms with Crippen LogP contribution in [-0.2, 0) is 6.42 Å². The van der Waals surface area contributed by atoms with E-state index in [9.17, 15) is 0 Å². The quantitative estimate of drug-likeness (QED) is 0.181. The van der Waals surface area contributed by atoms with Crippen molar-refractivity contribution < 1.29 is 4.74 Å². The highest BCUT2D eigenvalue weighted by Crippen LogP contribution is 2.28. The maximum atomic E-state index is 6.46. The van der Waals surface area contributed by atoms with Gasteiger partial charge in [0.1, 0.15) is 11.6 Å². The van der Waals surface area contributed by atoms with Crippen LogP contribution in [0.15, 0.2) is 97.1 Å². The molecule has 0 bridgehead atoms. The average molecular weight is 554 g/mol. The molecule has 0 saturated carbocycles. The number of thiocarbonyl (C=S) groups is 1. The fraction of sp³-hybridized carbons (Fsp3) is 0.129. The van der Waals surface area contributed by atoms with Gasteiger partial charge < -0.3 is 20.4 Å². The third-order valence-corrected chi connectivity index (χ3v) is 6.49. The van der Waals surface area contributed by atoms with Crippen LogP contribution in [0, 0.1) is 0 Å². The minimum atomic E-state index is 0.525. The van der Waals surface area contributed by atoms with Crippen molar-refractivity contribution in [1.29, 1.82) is 0 Å². The Morgan fingerprint density at radius 1 is 0.897 bits per heavy atom. The first-order valence-electron chi connectivity index (χ1n) is 12.7. The van der Waals surface area contributed by atoms with Gasteiger partial charge in [-0.05, 0) is 79.3 Å². The largest absolute Gasteiger partial charge is 0.494 e. The van der Waals surface area contributed by atoms with Gasteiger partial charge in [-0.3, -0.25) is 0 Å². The number of ether oxygens (including phenoxy) is 1. The highest BCUT2D eigenvalue weighted by atomic mass is 35.5. The number of nitrogens with one attached hydrogen (secondary N) is 3. The molecule has 5 rings (SSSR count). The molecule has 0 atom stereocenters. The monoisotopic (exact) mass is 553 g/mol. The predicted molar refractivity (Wildman–Crippen MR) is 165 cm³/mol. The van der Waals surface area contributed by atoms with Gasteiger partial charge in [0.05, 0.1) is 28.9 Å². The van der Waals surface area contributed by atoms with Gasteiger partial charge in [-0.1, -0.05) is 54.1 Å². The van der Waals surface area contributed by atoms with E-state index in [-0.39, 0.29) is 0 Å². The number of para-hydroxylation sites is 2. The van der Waals surface area contributed by atoms with Gasteiger partial charge in [-0.2, -0.15) is 0 Å². The van der Waals surface area contributed by atoms with E-state index in [1.165, 1.54) is 0 Å². The molecule has 0 aliphatic carbocycles. The van der Waals surface area contributed by atoms with Crippen LogP contribution < -0.4 is 15.4 Å². The molecule has 3 N–H and O–H groups in total. The summed E-state index contributed by atoms with van der Waals surface area (Å²) in [6, 6.07) is 31.5. The lowest BCUT2D eigenvalue weighted by molar-refractivity contribution is 0.340. The molecule has 0 aliphatic heterocycles. The summed E-state index contributed by atoms with van der Waals surface area (Å²) in [5.41, 5.74) is 5.31. The van der Waals surface area contributed by atoms with Crippen molar-refractivity contribution in [2.45, 2.75) is 13.3 Å². The Balaban J connectivity index is 1.47. The normalized spacial score (nSPS) is 10.7. The van der Waals surface area contributed by atoms with Crippen LogP contribution >= 0.6 is 23.8 Å². The number of anilines is 1. The second-order valence-corrected chi connectivity index (χ2v) is 9.62. The van der Waals surface area contributed by atoms with E-state index in [0.29, 0.717) is 35.5 Å². The Hall–Kier alpha value is -4.20. The molecule has 196 valence electrons. The summed E-state index contributed by atoms with van der Waals surface area (Å²) in [6.07, 6.45) is 0.558. The molecule has 0 radical (unpaired) electrons. The molecule has 0 spiro atoms. The van der Waals surface area contributed by atoms with Crippen molar-refractivity contribution in [3.63, 3.8) is 0 Å². The van der Waals surface area contributed by atoms with Gasteiger partial charge in [0.15, 0.2) is 5.11 Å². The van der Waals surface area contributed by atoms with E-state index in [1.54, 1.807) is 0 Å². The number of nitrogens with zero attached hydrogens (tertiary/aromatic N) is 2. The van der Waals surface area contributed by atoms with Gasteiger partial charge in [-0.15, -0.1) is 0 Å². The average Bonchev–Trinajstić information content (AvgIpc) is 3.01. The van der Waals surface area contributed by atoms with Crippen molar-refractivity contribution in [3.8, 4) is 17.0 Å². The van der Waals surface area contributed by atoms with E-state index in [2.05, 4.69) is 27.8 Å². The Morgan fingerprint density at radius 3 is 2.44 bits per heavy atom. The van der Waals surface area contributed by atoms with Gasteiger partial charge in [0.25, 0.3) is 0 Å². The highest BCUT2D eigenvalue weighted by molar-refractivity contribution is 7.80. The number of hydrogen-bond acceptors (Lipinski definition) is 4. The second kappa shape index (κ2) is 12.6. The van der Waals surface area contributed by atoms with Crippen LogP contribution in [0.1, 0.15) is 12.7 Å². The van der Waals surface area contributed by atoms with Gasteiger partial charge in [0.2, 0.25) is 0 Å². The van der Waals surface area contributed by atoms with E-state index >= 15 is 0 Å². The lowest BCUT2D eigenvalue weighted by Crippen LogP contribution is -2.30. The zero-order valence-corrected chi connectivity index (χ0v) is 23.0. The van der Waals surface area contributed by atoms with E-state index in [4.69, 9.17) is 38.5 Å². The van der Waals surface area contributed by atoms with Gasteiger partial charge >= 0.3 is 0 Å². The molecule has 39 heavy (non-hydrogen) atoms. The first-order chi connectivity index (χ1) is 19.1. The Kier molecular flexibility index (Phi) is 8.51. The van der Waals surface area contributed by atoms with E-state index in [1.807, 2.05) is 91.9 Å². The molecule has 0 saturated heterocycles. The number of aromatic nitrogens is 3. The van der Waals surface area contributed by atoms with Gasteiger partial charge in [0, 0.05) is 29.1 Å². The lowest BCUT2D eigenvalue weighted by Gasteiger charge is -2.11. The first kappa shape index (κ1) is 26.4. The zero-order valence-electron chi connectivity index (χ0n) is 21.4. The summed E-state index contributed by atoms with van der Waals surface area (Å²) < 4.78 is 5.50. The highest BCUT2D eigenvalue weighted by Gasteiger charge is 2.08. The van der Waals surface area contributed by atoms with E-state index < -0.39 is 0 Å². The number of aromatic amines is 1. The van der Waals surface area contributed by atoms with Crippen molar-refractivity contribution in [1.82, 2.24) is 20.3 Å². The molecule has 1 aromatic heterocycles. The molecule has 6 nitrogen and oxygen atoms in total. The second-order valence-electron chi connectivity index (χ2n) is 8.77. The van der Waals surface area contributed by atoms with Crippen LogP contribution in [0.2, 0.25) is 5.02 Å². The third-order valence-electron chi connectivity index (χ3n) is 6.01. The fourth-order valence-corrected chi connectivity index (χ4v) is 4.59. The summed E-state index contributed by atoms with van der Waals surface area (Å²) in [6.45, 7) is 3.15. The van der Waals surface area contributed by atoms with Crippen LogP contribution in [0.4, 0.5) is 5.69 Å². The number of fused-ring (bicyclic) bond motifs is 2. The van der Waals surface area contributed by atoms with Crippen molar-refractivity contribution in [2.75, 3.05) is 18.5 Å². The summed E-state index contributed by atoms with van der Waals surface area (Å²) in [7, 11) is 0. The molecule has 0 unspecified atom stereocenters. The first-order valence-corrected chi connectivity index (χ1v) is 13.5. The maximum Gasteiger partial charge on any atom is 0.170 e. The smallest absolute Gasteiger partial charge is 0.170 e. The topological polar surface area (TPSA) is 74.9 Å². The van der Waals surface area contributed by atoms with Crippen molar-refractivity contribution in [3.05, 3.63) is 108 Å². The molecular formula is C31H28ClN5OS. The molecule has 0 amide bonds. The standard InChI is InChI=1S/C31H28ClN5OS/c1-2-38-24-15-13-23(14-16-24)34-31(39)33-19-18-29-35-26-17-12-22(32)20-25(26)30(21-8-4-3-5-9-21)37-28-11-7-6-10-27(28)36-29/h3-17,20,37H,2,18-19H2,1H3,(H2,33,34,39).